The maximum atomic E-state index is 2.71. The zero-order chi connectivity index (χ0) is 25.8. The molecular formula is C28H62Si4. The molecular weight excluding hydrogens is 449 g/mol. The molecule has 190 valence electrons. The first-order chi connectivity index (χ1) is 13.7. The second-order valence-corrected chi connectivity index (χ2v) is 55.5. The van der Waals surface area contributed by atoms with Gasteiger partial charge in [-0.1, -0.05) is 149 Å². The minimum absolute atomic E-state index is 0.475. The third kappa shape index (κ3) is 3.26. The van der Waals surface area contributed by atoms with Crippen LogP contribution in [0.2, 0.25) is 54.4 Å². The van der Waals surface area contributed by atoms with Gasteiger partial charge < -0.3 is 0 Å². The Morgan fingerprint density at radius 3 is 0.500 bits per heavy atom. The Balaban J connectivity index is 3.11. The molecule has 2 fully saturated rings. The van der Waals surface area contributed by atoms with Gasteiger partial charge in [0, 0.05) is 14.2 Å². The second kappa shape index (κ2) is 7.22. The quantitative estimate of drug-likeness (QED) is 0.331. The summed E-state index contributed by atoms with van der Waals surface area (Å²) in [4.78, 5) is 0. The van der Waals surface area contributed by atoms with Crippen molar-refractivity contribution in [2.45, 2.75) is 179 Å². The molecule has 0 bridgehead atoms. The fourth-order valence-corrected chi connectivity index (χ4v) is 135. The van der Waals surface area contributed by atoms with E-state index in [-0.39, 0.29) is 0 Å². The Bertz CT molecular complexity index is 576. The second-order valence-electron chi connectivity index (χ2n) is 18.2. The highest BCUT2D eigenvalue weighted by molar-refractivity contribution is 7.90. The van der Waals surface area contributed by atoms with E-state index in [9.17, 15) is 0 Å². The molecule has 0 aromatic carbocycles. The van der Waals surface area contributed by atoms with Crippen LogP contribution in [0.4, 0.5) is 0 Å². The van der Waals surface area contributed by atoms with Crippen LogP contribution in [-0.4, -0.2) is 29.4 Å². The molecule has 0 nitrogen and oxygen atoms in total. The molecule has 0 atom stereocenters. The normalized spacial score (nSPS) is 22.7. The summed E-state index contributed by atoms with van der Waals surface area (Å²) in [5.74, 6) is 0. The van der Waals surface area contributed by atoms with Crippen LogP contribution >= 0.6 is 0 Å². The van der Waals surface area contributed by atoms with Gasteiger partial charge in [-0.2, -0.15) is 0 Å². The minimum atomic E-state index is -1.70. The van der Waals surface area contributed by atoms with E-state index >= 15 is 0 Å². The Morgan fingerprint density at radius 2 is 0.438 bits per heavy atom. The largest absolute Gasteiger partial charge is 0.0638 e. The van der Waals surface area contributed by atoms with Crippen molar-refractivity contribution in [3.63, 3.8) is 0 Å². The van der Waals surface area contributed by atoms with Crippen molar-refractivity contribution in [1.29, 1.82) is 0 Å². The molecule has 0 radical (unpaired) electrons. The van der Waals surface area contributed by atoms with E-state index in [0.29, 0.717) is 30.2 Å². The third-order valence-electron chi connectivity index (χ3n) is 10.6. The van der Waals surface area contributed by atoms with Crippen LogP contribution in [0.1, 0.15) is 125 Å². The molecule has 0 aromatic rings. The summed E-state index contributed by atoms with van der Waals surface area (Å²) in [7, 11) is -6.16. The van der Waals surface area contributed by atoms with Gasteiger partial charge in [-0.15, -0.1) is 0 Å². The molecule has 0 amide bonds. The third-order valence-corrected chi connectivity index (χ3v) is 83.0. The van der Waals surface area contributed by atoms with Crippen molar-refractivity contribution in [1.82, 2.24) is 0 Å². The van der Waals surface area contributed by atoms with E-state index in [1.807, 2.05) is 0 Å². The Labute approximate surface area is 207 Å². The number of rotatable bonds is 3. The first-order valence-electron chi connectivity index (χ1n) is 13.7. The molecule has 2 rings (SSSR count). The van der Waals surface area contributed by atoms with Crippen LogP contribution in [0.3, 0.4) is 0 Å². The van der Waals surface area contributed by atoms with Crippen LogP contribution in [0, 0.1) is 0 Å². The fourth-order valence-electron chi connectivity index (χ4n) is 13.7. The molecule has 0 N–H and O–H groups in total. The fraction of sp³-hybridized carbons (Fsp3) is 1.00. The molecule has 32 heavy (non-hydrogen) atoms. The maximum absolute atomic E-state index is 2.71. The Morgan fingerprint density at radius 1 is 0.312 bits per heavy atom. The Kier molecular flexibility index (Phi) is 6.56. The van der Waals surface area contributed by atoms with Crippen molar-refractivity contribution < 1.29 is 0 Å². The molecule has 2 heterocycles. The van der Waals surface area contributed by atoms with Crippen molar-refractivity contribution in [2.75, 3.05) is 0 Å². The van der Waals surface area contributed by atoms with Gasteiger partial charge in [-0.25, -0.2) is 0 Å². The van der Waals surface area contributed by atoms with Gasteiger partial charge in [0.25, 0.3) is 0 Å². The van der Waals surface area contributed by atoms with Crippen LogP contribution in [0.5, 0.6) is 0 Å². The predicted octanol–water partition coefficient (Wildman–Crippen LogP) is 10.8. The predicted molar refractivity (Wildman–Crippen MR) is 161 cm³/mol. The average Bonchev–Trinajstić information content (AvgIpc) is 3.23. The zero-order valence-corrected chi connectivity index (χ0v) is 29.8. The molecule has 2 saturated heterocycles. The first-order valence-corrected chi connectivity index (χ1v) is 25.5. The van der Waals surface area contributed by atoms with Crippen molar-refractivity contribution in [2.24, 2.45) is 0 Å². The van der Waals surface area contributed by atoms with Crippen LogP contribution in [0.25, 0.3) is 0 Å². The smallest absolute Gasteiger partial charge is 0.0609 e. The highest BCUT2D eigenvalue weighted by Crippen LogP contribution is 2.81. The van der Waals surface area contributed by atoms with E-state index in [1.165, 1.54) is 0 Å². The molecule has 0 aliphatic carbocycles. The molecule has 0 spiro atoms. The topological polar surface area (TPSA) is 0 Å². The van der Waals surface area contributed by atoms with Crippen molar-refractivity contribution >= 4 is 29.4 Å². The molecule has 2 aliphatic rings. The maximum Gasteiger partial charge on any atom is 0.0609 e. The lowest BCUT2D eigenvalue weighted by atomic mass is 10.2. The highest BCUT2D eigenvalue weighted by atomic mass is 29.8. The summed E-state index contributed by atoms with van der Waals surface area (Å²) in [6, 6.07) is 6.81. The van der Waals surface area contributed by atoms with Gasteiger partial charge in [0.1, 0.15) is 0 Å². The zero-order valence-electron chi connectivity index (χ0n) is 25.8. The van der Waals surface area contributed by atoms with Gasteiger partial charge >= 0.3 is 0 Å². The van der Waals surface area contributed by atoms with Gasteiger partial charge in [0.2, 0.25) is 0 Å². The lowest BCUT2D eigenvalue weighted by Crippen LogP contribution is -2.85. The van der Waals surface area contributed by atoms with E-state index in [2.05, 4.69) is 125 Å². The number of hydrogen-bond acceptors (Lipinski definition) is 0. The van der Waals surface area contributed by atoms with Crippen molar-refractivity contribution in [3.05, 3.63) is 0 Å². The van der Waals surface area contributed by atoms with Crippen LogP contribution < -0.4 is 0 Å². The van der Waals surface area contributed by atoms with E-state index in [0.717, 1.165) is 0 Å². The van der Waals surface area contributed by atoms with Gasteiger partial charge in [0.15, 0.2) is 0 Å². The molecule has 0 saturated carbocycles. The highest BCUT2D eigenvalue weighted by Gasteiger charge is 2.89. The molecule has 0 aromatic heterocycles. The van der Waals surface area contributed by atoms with Gasteiger partial charge in [-0.3, -0.25) is 0 Å². The number of hydrogen-bond donors (Lipinski definition) is 0. The van der Waals surface area contributed by atoms with E-state index < -0.39 is 29.4 Å². The summed E-state index contributed by atoms with van der Waals surface area (Å²) in [6.45, 7) is 48.8. The first kappa shape index (κ1) is 29.1. The SMILES string of the molecule is CC(C)(C)[Si](C(C)(C)C)(C(C)(C)C)[Si]1([Si]2([Si](C(C)(C)C)(C(C)(C)C)C(C)(C)C)CC2)CC1. The van der Waals surface area contributed by atoms with E-state index in [4.69, 9.17) is 0 Å². The standard InChI is InChI=1S/C28H62Si4/c1-23(2,3)31(24(4,5)6,25(7,8)9)29(19-20-29)30(21-22-30)32(26(10,11)12,27(13,14)15)28(16,17)18/h19-22H2,1-18H3. The van der Waals surface area contributed by atoms with Crippen LogP contribution in [-0.2, 0) is 0 Å². The minimum Gasteiger partial charge on any atom is -0.0638 e. The molecule has 2 aliphatic heterocycles. The van der Waals surface area contributed by atoms with Gasteiger partial charge in [-0.05, 0) is 30.2 Å². The summed E-state index contributed by atoms with van der Waals surface area (Å²) < 4.78 is 0. The Hall–Kier alpha value is 0.868. The van der Waals surface area contributed by atoms with E-state index in [1.54, 1.807) is 24.2 Å². The summed E-state index contributed by atoms with van der Waals surface area (Å²) in [6.07, 6.45) is 0. The van der Waals surface area contributed by atoms with Gasteiger partial charge in [0.05, 0.1) is 15.2 Å². The summed E-state index contributed by atoms with van der Waals surface area (Å²) in [5, 5.41) is 2.85. The molecule has 4 heteroatoms. The van der Waals surface area contributed by atoms with Crippen molar-refractivity contribution in [3.8, 4) is 0 Å². The average molecular weight is 511 g/mol. The summed E-state index contributed by atoms with van der Waals surface area (Å²) in [5.41, 5.74) is 0. The molecule has 0 unspecified atom stereocenters. The summed E-state index contributed by atoms with van der Waals surface area (Å²) >= 11 is 0. The lowest BCUT2D eigenvalue weighted by Gasteiger charge is -2.71. The lowest BCUT2D eigenvalue weighted by molar-refractivity contribution is 0.550. The monoisotopic (exact) mass is 510 g/mol. The van der Waals surface area contributed by atoms with Crippen LogP contribution in [0.15, 0.2) is 0 Å².